The van der Waals surface area contributed by atoms with Crippen molar-refractivity contribution < 1.29 is 18.3 Å². The van der Waals surface area contributed by atoms with Gasteiger partial charge in [-0.25, -0.2) is 0 Å². The number of rotatable bonds is 2. The molecule has 0 aliphatic rings. The van der Waals surface area contributed by atoms with Crippen LogP contribution in [0.25, 0.3) is 6.08 Å². The van der Waals surface area contributed by atoms with Gasteiger partial charge >= 0.3 is 6.18 Å². The van der Waals surface area contributed by atoms with Crippen molar-refractivity contribution >= 4 is 29.3 Å². The maximum atomic E-state index is 12.5. The molecule has 0 radical (unpaired) electrons. The van der Waals surface area contributed by atoms with Gasteiger partial charge in [-0.3, -0.25) is 0 Å². The second-order valence-electron chi connectivity index (χ2n) is 3.42. The van der Waals surface area contributed by atoms with E-state index < -0.39 is 11.8 Å². The van der Waals surface area contributed by atoms with Crippen molar-refractivity contribution in [3.8, 4) is 12.3 Å². The van der Waals surface area contributed by atoms with Crippen LogP contribution in [0.4, 0.5) is 13.2 Å². The second-order valence-corrected chi connectivity index (χ2v) is 4.23. The van der Waals surface area contributed by atoms with Gasteiger partial charge in [0.2, 0.25) is 5.60 Å². The van der Waals surface area contributed by atoms with Crippen molar-refractivity contribution in [2.75, 3.05) is 0 Å². The standard InChI is InChI=1S/C12H7Cl2F3O/c1-2-11(18,12(15,16)17)6-5-8-3-4-9(13)10(14)7-8/h1,3-7,18H. The highest BCUT2D eigenvalue weighted by Gasteiger charge is 2.50. The average molecular weight is 295 g/mol. The maximum Gasteiger partial charge on any atom is 0.432 e. The van der Waals surface area contributed by atoms with E-state index in [9.17, 15) is 18.3 Å². The fourth-order valence-corrected chi connectivity index (χ4v) is 1.36. The molecule has 1 aromatic carbocycles. The quantitative estimate of drug-likeness (QED) is 0.820. The van der Waals surface area contributed by atoms with E-state index in [4.69, 9.17) is 29.6 Å². The third-order valence-corrected chi connectivity index (χ3v) is 2.85. The molecule has 0 bridgehead atoms. The first-order valence-electron chi connectivity index (χ1n) is 4.61. The summed E-state index contributed by atoms with van der Waals surface area (Å²) in [5.74, 6) is 1.30. The number of alkyl halides is 3. The molecule has 0 fully saturated rings. The lowest BCUT2D eigenvalue weighted by atomic mass is 10.0. The van der Waals surface area contributed by atoms with E-state index in [-0.39, 0.29) is 10.0 Å². The van der Waals surface area contributed by atoms with Gasteiger partial charge in [0, 0.05) is 0 Å². The van der Waals surface area contributed by atoms with E-state index in [1.54, 1.807) is 0 Å². The smallest absolute Gasteiger partial charge is 0.367 e. The molecule has 0 aliphatic carbocycles. The molecular weight excluding hydrogens is 288 g/mol. The van der Waals surface area contributed by atoms with Crippen LogP contribution in [-0.4, -0.2) is 16.9 Å². The monoisotopic (exact) mass is 294 g/mol. The molecule has 0 heterocycles. The molecule has 0 saturated heterocycles. The lowest BCUT2D eigenvalue weighted by Crippen LogP contribution is -2.41. The summed E-state index contributed by atoms with van der Waals surface area (Å²) in [6.45, 7) is 0. The Morgan fingerprint density at radius 2 is 1.83 bits per heavy atom. The van der Waals surface area contributed by atoms with Crippen molar-refractivity contribution in [1.82, 2.24) is 0 Å². The molecule has 0 saturated carbocycles. The predicted molar refractivity (Wildman–Crippen MR) is 65.3 cm³/mol. The third kappa shape index (κ3) is 3.20. The van der Waals surface area contributed by atoms with E-state index in [1.165, 1.54) is 24.1 Å². The van der Waals surface area contributed by atoms with Crippen molar-refractivity contribution in [3.05, 3.63) is 39.9 Å². The summed E-state index contributed by atoms with van der Waals surface area (Å²) in [4.78, 5) is 0. The first-order valence-corrected chi connectivity index (χ1v) is 5.36. The topological polar surface area (TPSA) is 20.2 Å². The highest BCUT2D eigenvalue weighted by molar-refractivity contribution is 6.42. The van der Waals surface area contributed by atoms with E-state index in [0.29, 0.717) is 11.6 Å². The van der Waals surface area contributed by atoms with Crippen molar-refractivity contribution in [2.24, 2.45) is 0 Å². The molecule has 1 atom stereocenters. The lowest BCUT2D eigenvalue weighted by molar-refractivity contribution is -0.216. The van der Waals surface area contributed by atoms with Gasteiger partial charge in [-0.1, -0.05) is 41.3 Å². The summed E-state index contributed by atoms with van der Waals surface area (Å²) in [5, 5.41) is 9.70. The van der Waals surface area contributed by atoms with E-state index in [2.05, 4.69) is 0 Å². The number of hydrogen-bond acceptors (Lipinski definition) is 1. The first-order chi connectivity index (χ1) is 8.19. The Morgan fingerprint density at radius 3 is 2.28 bits per heavy atom. The van der Waals surface area contributed by atoms with Crippen molar-refractivity contribution in [1.29, 1.82) is 0 Å². The average Bonchev–Trinajstić information content (AvgIpc) is 2.28. The minimum absolute atomic E-state index is 0.190. The Kier molecular flexibility index (Phi) is 4.33. The van der Waals surface area contributed by atoms with Gasteiger partial charge in [0.15, 0.2) is 0 Å². The largest absolute Gasteiger partial charge is 0.432 e. The molecule has 18 heavy (non-hydrogen) atoms. The Balaban J connectivity index is 3.06. The SMILES string of the molecule is C#CC(O)(C=Cc1ccc(Cl)c(Cl)c1)C(F)(F)F. The zero-order chi connectivity index (χ0) is 14.0. The highest BCUT2D eigenvalue weighted by atomic mass is 35.5. The number of halogens is 5. The molecule has 6 heteroatoms. The van der Waals surface area contributed by atoms with Gasteiger partial charge in [-0.15, -0.1) is 6.42 Å². The number of terminal acetylenes is 1. The van der Waals surface area contributed by atoms with Gasteiger partial charge in [0.05, 0.1) is 10.0 Å². The van der Waals surface area contributed by atoms with Crippen LogP contribution in [0.3, 0.4) is 0 Å². The van der Waals surface area contributed by atoms with Gasteiger partial charge < -0.3 is 5.11 Å². The molecule has 0 amide bonds. The molecule has 1 rings (SSSR count). The van der Waals surface area contributed by atoms with Crippen LogP contribution in [0.15, 0.2) is 24.3 Å². The molecule has 1 aromatic rings. The van der Waals surface area contributed by atoms with E-state index in [0.717, 1.165) is 6.08 Å². The zero-order valence-corrected chi connectivity index (χ0v) is 10.3. The van der Waals surface area contributed by atoms with E-state index >= 15 is 0 Å². The summed E-state index contributed by atoms with van der Waals surface area (Å²) in [6.07, 6.45) is 1.25. The first kappa shape index (κ1) is 14.9. The second kappa shape index (κ2) is 5.23. The highest BCUT2D eigenvalue weighted by Crippen LogP contribution is 2.32. The molecule has 0 aliphatic heterocycles. The summed E-state index contributed by atoms with van der Waals surface area (Å²) < 4.78 is 37.4. The minimum atomic E-state index is -4.95. The van der Waals surface area contributed by atoms with Crippen LogP contribution in [0.1, 0.15) is 5.56 Å². The van der Waals surface area contributed by atoms with Crippen molar-refractivity contribution in [2.45, 2.75) is 11.8 Å². The Hall–Kier alpha value is -1.15. The third-order valence-electron chi connectivity index (χ3n) is 2.11. The van der Waals surface area contributed by atoms with Crippen LogP contribution in [0.5, 0.6) is 0 Å². The summed E-state index contributed by atoms with van der Waals surface area (Å²) in [7, 11) is 0. The lowest BCUT2D eigenvalue weighted by Gasteiger charge is -2.21. The van der Waals surface area contributed by atoms with Crippen LogP contribution >= 0.6 is 23.2 Å². The molecule has 0 aromatic heterocycles. The molecular formula is C12H7Cl2F3O. The fourth-order valence-electron chi connectivity index (χ4n) is 1.06. The van der Waals surface area contributed by atoms with Gasteiger partial charge in [0.1, 0.15) is 0 Å². The van der Waals surface area contributed by atoms with Crippen LogP contribution in [-0.2, 0) is 0 Å². The Bertz CT molecular complexity index is 517. The van der Waals surface area contributed by atoms with Crippen LogP contribution in [0.2, 0.25) is 10.0 Å². The summed E-state index contributed by atoms with van der Waals surface area (Å²) in [6, 6.07) is 4.22. The number of benzene rings is 1. The molecule has 1 N–H and O–H groups in total. The zero-order valence-electron chi connectivity index (χ0n) is 8.80. The van der Waals surface area contributed by atoms with E-state index in [1.807, 2.05) is 0 Å². The summed E-state index contributed by atoms with van der Waals surface area (Å²) in [5.41, 5.74) is -2.97. The molecule has 1 unspecified atom stereocenters. The van der Waals surface area contributed by atoms with Gasteiger partial charge in [-0.05, 0) is 23.8 Å². The van der Waals surface area contributed by atoms with Crippen LogP contribution in [0, 0.1) is 12.3 Å². The number of hydrogen-bond donors (Lipinski definition) is 1. The Morgan fingerprint density at radius 1 is 1.22 bits per heavy atom. The maximum absolute atomic E-state index is 12.5. The number of aliphatic hydroxyl groups is 1. The van der Waals surface area contributed by atoms with Crippen LogP contribution < -0.4 is 0 Å². The normalized spacial score (nSPS) is 15.4. The molecule has 0 spiro atoms. The van der Waals surface area contributed by atoms with Gasteiger partial charge in [0.25, 0.3) is 0 Å². The predicted octanol–water partition coefficient (Wildman–Crippen LogP) is 3.93. The molecule has 96 valence electrons. The minimum Gasteiger partial charge on any atom is -0.367 e. The Labute approximate surface area is 112 Å². The summed E-state index contributed by atoms with van der Waals surface area (Å²) >= 11 is 11.3. The molecule has 1 nitrogen and oxygen atoms in total. The fraction of sp³-hybridized carbons (Fsp3) is 0.167. The van der Waals surface area contributed by atoms with Gasteiger partial charge in [-0.2, -0.15) is 13.2 Å². The van der Waals surface area contributed by atoms with Crippen molar-refractivity contribution in [3.63, 3.8) is 0 Å².